The molecule has 0 aromatic rings. The van der Waals surface area contributed by atoms with Crippen LogP contribution in [0, 0.1) is 0 Å². The summed E-state index contributed by atoms with van der Waals surface area (Å²) in [6.07, 6.45) is 0. The molecule has 0 aliphatic carbocycles. The van der Waals surface area contributed by atoms with E-state index in [2.05, 4.69) is 23.8 Å². The Kier molecular flexibility index (Phi) is 1.76. The molecule has 0 bridgehead atoms. The third-order valence-electron chi connectivity index (χ3n) is 1.42. The molecule has 1 aliphatic rings. The lowest BCUT2D eigenvalue weighted by Gasteiger charge is -1.99. The summed E-state index contributed by atoms with van der Waals surface area (Å²) in [5.41, 5.74) is 1.77. The van der Waals surface area contributed by atoms with Gasteiger partial charge in [0, 0.05) is 13.1 Å². The van der Waals surface area contributed by atoms with E-state index in [1.807, 2.05) is 0 Å². The van der Waals surface area contributed by atoms with Crippen LogP contribution in [0.25, 0.3) is 0 Å². The van der Waals surface area contributed by atoms with Crippen molar-refractivity contribution in [2.45, 2.75) is 0 Å². The molecule has 0 unspecified atom stereocenters. The lowest BCUT2D eigenvalue weighted by atomic mass is 10.1. The summed E-state index contributed by atoms with van der Waals surface area (Å²) >= 11 is 0. The summed E-state index contributed by atoms with van der Waals surface area (Å²) in [6, 6.07) is -0.153. The summed E-state index contributed by atoms with van der Waals surface area (Å²) in [4.78, 5) is 10.7. The maximum Gasteiger partial charge on any atom is 0.315 e. The molecule has 0 radical (unpaired) electrons. The summed E-state index contributed by atoms with van der Waals surface area (Å²) in [5, 5.41) is 5.23. The third-order valence-corrected chi connectivity index (χ3v) is 1.42. The highest BCUT2D eigenvalue weighted by Crippen LogP contribution is 2.03. The predicted octanol–water partition coefficient (Wildman–Crippen LogP) is 0.412. The fourth-order valence-electron chi connectivity index (χ4n) is 0.686. The van der Waals surface area contributed by atoms with Crippen LogP contribution in [0.3, 0.4) is 0 Å². The van der Waals surface area contributed by atoms with E-state index in [1.54, 1.807) is 0 Å². The van der Waals surface area contributed by atoms with Gasteiger partial charge in [-0.2, -0.15) is 0 Å². The van der Waals surface area contributed by atoms with Crippen LogP contribution in [-0.2, 0) is 0 Å². The molecule has 54 valence electrons. The van der Waals surface area contributed by atoms with Crippen LogP contribution in [0.15, 0.2) is 24.3 Å². The molecular formula is C7H10N2O. The molecule has 0 atom stereocenters. The van der Waals surface area contributed by atoms with Crippen molar-refractivity contribution in [1.82, 2.24) is 10.6 Å². The predicted molar refractivity (Wildman–Crippen MR) is 39.7 cm³/mol. The third kappa shape index (κ3) is 1.37. The lowest BCUT2D eigenvalue weighted by Crippen LogP contribution is -2.33. The minimum absolute atomic E-state index is 0.153. The monoisotopic (exact) mass is 138 g/mol. The SMILES string of the molecule is C=C1CNC(=O)NCC1=C. The van der Waals surface area contributed by atoms with E-state index in [0.29, 0.717) is 13.1 Å². The molecular weight excluding hydrogens is 128 g/mol. The van der Waals surface area contributed by atoms with E-state index in [1.165, 1.54) is 0 Å². The maximum absolute atomic E-state index is 10.7. The Morgan fingerprint density at radius 2 is 1.50 bits per heavy atom. The second-order valence-electron chi connectivity index (χ2n) is 2.24. The quantitative estimate of drug-likeness (QED) is 0.500. The Balaban J connectivity index is 2.63. The Morgan fingerprint density at radius 1 is 1.10 bits per heavy atom. The van der Waals surface area contributed by atoms with Gasteiger partial charge in [-0.15, -0.1) is 0 Å². The average molecular weight is 138 g/mol. The molecule has 1 aliphatic heterocycles. The van der Waals surface area contributed by atoms with Gasteiger partial charge in [0.2, 0.25) is 0 Å². The highest BCUT2D eigenvalue weighted by molar-refractivity contribution is 5.75. The van der Waals surface area contributed by atoms with Crippen LogP contribution in [-0.4, -0.2) is 19.1 Å². The highest BCUT2D eigenvalue weighted by Gasteiger charge is 2.08. The van der Waals surface area contributed by atoms with Gasteiger partial charge in [0.1, 0.15) is 0 Å². The molecule has 3 nitrogen and oxygen atoms in total. The molecule has 1 fully saturated rings. The van der Waals surface area contributed by atoms with Crippen molar-refractivity contribution in [3.05, 3.63) is 24.3 Å². The van der Waals surface area contributed by atoms with Crippen molar-refractivity contribution >= 4 is 6.03 Å². The fourth-order valence-corrected chi connectivity index (χ4v) is 0.686. The second-order valence-corrected chi connectivity index (χ2v) is 2.24. The van der Waals surface area contributed by atoms with Crippen molar-refractivity contribution in [3.8, 4) is 0 Å². The van der Waals surface area contributed by atoms with Gasteiger partial charge in [-0.1, -0.05) is 13.2 Å². The normalized spacial score (nSPS) is 19.4. The Morgan fingerprint density at radius 3 is 1.90 bits per heavy atom. The van der Waals surface area contributed by atoms with Gasteiger partial charge in [-0.05, 0) is 11.1 Å². The molecule has 0 saturated carbocycles. The van der Waals surface area contributed by atoms with Gasteiger partial charge >= 0.3 is 6.03 Å². The highest BCUT2D eigenvalue weighted by atomic mass is 16.2. The largest absolute Gasteiger partial charge is 0.334 e. The first-order chi connectivity index (χ1) is 4.70. The van der Waals surface area contributed by atoms with Crippen molar-refractivity contribution in [1.29, 1.82) is 0 Å². The maximum atomic E-state index is 10.7. The van der Waals surface area contributed by atoms with Crippen LogP contribution in [0.2, 0.25) is 0 Å². The Hall–Kier alpha value is -1.25. The molecule has 1 rings (SSSR count). The van der Waals surface area contributed by atoms with Crippen molar-refractivity contribution in [2.24, 2.45) is 0 Å². The number of rotatable bonds is 0. The molecule has 10 heavy (non-hydrogen) atoms. The smallest absolute Gasteiger partial charge is 0.315 e. The zero-order chi connectivity index (χ0) is 7.56. The van der Waals surface area contributed by atoms with E-state index >= 15 is 0 Å². The van der Waals surface area contributed by atoms with E-state index in [0.717, 1.165) is 11.1 Å². The summed E-state index contributed by atoms with van der Waals surface area (Å²) < 4.78 is 0. The molecule has 0 aromatic heterocycles. The van der Waals surface area contributed by atoms with Gasteiger partial charge in [-0.3, -0.25) is 0 Å². The first-order valence-electron chi connectivity index (χ1n) is 3.08. The summed E-state index contributed by atoms with van der Waals surface area (Å²) in [7, 11) is 0. The van der Waals surface area contributed by atoms with Crippen molar-refractivity contribution < 1.29 is 4.79 Å². The summed E-state index contributed by atoms with van der Waals surface area (Å²) in [6.45, 7) is 8.48. The number of nitrogens with one attached hydrogen (secondary N) is 2. The number of hydrogen-bond donors (Lipinski definition) is 2. The standard InChI is InChI=1S/C7H10N2O/c1-5-3-8-7(10)9-4-6(5)2/h1-4H2,(H2,8,9,10). The minimum Gasteiger partial charge on any atom is -0.334 e. The number of urea groups is 1. The first-order valence-corrected chi connectivity index (χ1v) is 3.08. The Bertz CT molecular complexity index is 176. The topological polar surface area (TPSA) is 41.1 Å². The van der Waals surface area contributed by atoms with Gasteiger partial charge in [-0.25, -0.2) is 4.79 Å². The fraction of sp³-hybridized carbons (Fsp3) is 0.286. The molecule has 2 N–H and O–H groups in total. The summed E-state index contributed by atoms with van der Waals surface area (Å²) in [5.74, 6) is 0. The zero-order valence-electron chi connectivity index (χ0n) is 5.74. The van der Waals surface area contributed by atoms with Crippen molar-refractivity contribution in [2.75, 3.05) is 13.1 Å². The van der Waals surface area contributed by atoms with E-state index < -0.39 is 0 Å². The molecule has 0 aromatic carbocycles. The molecule has 1 heterocycles. The van der Waals surface area contributed by atoms with Crippen LogP contribution in [0.4, 0.5) is 4.79 Å². The number of carbonyl (C=O) groups is 1. The van der Waals surface area contributed by atoms with Crippen LogP contribution in [0.5, 0.6) is 0 Å². The number of amides is 2. The van der Waals surface area contributed by atoms with Gasteiger partial charge < -0.3 is 10.6 Å². The van der Waals surface area contributed by atoms with E-state index in [4.69, 9.17) is 0 Å². The lowest BCUT2D eigenvalue weighted by molar-refractivity contribution is 0.243. The molecule has 1 saturated heterocycles. The molecule has 3 heteroatoms. The number of hydrogen-bond acceptors (Lipinski definition) is 1. The molecule has 2 amide bonds. The van der Waals surface area contributed by atoms with E-state index in [-0.39, 0.29) is 6.03 Å². The van der Waals surface area contributed by atoms with Crippen LogP contribution >= 0.6 is 0 Å². The van der Waals surface area contributed by atoms with Gasteiger partial charge in [0.25, 0.3) is 0 Å². The average Bonchev–Trinajstić information content (AvgIpc) is 2.04. The van der Waals surface area contributed by atoms with Gasteiger partial charge in [0.05, 0.1) is 0 Å². The van der Waals surface area contributed by atoms with Crippen LogP contribution in [0.1, 0.15) is 0 Å². The van der Waals surface area contributed by atoms with Gasteiger partial charge in [0.15, 0.2) is 0 Å². The second kappa shape index (κ2) is 2.56. The Labute approximate surface area is 59.8 Å². The first kappa shape index (κ1) is 6.86. The minimum atomic E-state index is -0.153. The number of carbonyl (C=O) groups excluding carboxylic acids is 1. The van der Waals surface area contributed by atoms with Crippen molar-refractivity contribution in [3.63, 3.8) is 0 Å². The van der Waals surface area contributed by atoms with E-state index in [9.17, 15) is 4.79 Å². The zero-order valence-corrected chi connectivity index (χ0v) is 5.74. The molecule has 0 spiro atoms. The van der Waals surface area contributed by atoms with Crippen LogP contribution < -0.4 is 10.6 Å².